The number of hydrogen-bond acceptors (Lipinski definition) is 4. The lowest BCUT2D eigenvalue weighted by molar-refractivity contribution is 1.26. The van der Waals surface area contributed by atoms with E-state index in [0.29, 0.717) is 0 Å². The smallest absolute Gasteiger partial charge is 0.0715 e. The summed E-state index contributed by atoms with van der Waals surface area (Å²) in [5.41, 5.74) is 35.4. The lowest BCUT2D eigenvalue weighted by Gasteiger charge is -2.26. The van der Waals surface area contributed by atoms with Crippen LogP contribution in [0.3, 0.4) is 0 Å². The van der Waals surface area contributed by atoms with Crippen LogP contribution in [0.4, 0.5) is 17.1 Å². The summed E-state index contributed by atoms with van der Waals surface area (Å²) in [6.45, 7) is 0. The molecule has 0 atom stereocenters. The number of benzene rings is 12. The number of anilines is 3. The lowest BCUT2D eigenvalue weighted by atomic mass is 9.95. The second-order valence-corrected chi connectivity index (χ2v) is 23.8. The van der Waals surface area contributed by atoms with Gasteiger partial charge in [0.2, 0.25) is 0 Å². The molecule has 18 rings (SSSR count). The third-order valence-corrected chi connectivity index (χ3v) is 18.7. The third kappa shape index (κ3) is 8.40. The molecule has 12 aromatic carbocycles. The maximum absolute atomic E-state index is 5.32. The normalized spacial score (nSPS) is 12.4. The van der Waals surface area contributed by atoms with Crippen molar-refractivity contribution in [2.75, 3.05) is 4.90 Å². The van der Waals surface area contributed by atoms with Gasteiger partial charge in [-0.05, 0) is 192 Å². The second kappa shape index (κ2) is 20.2. The number of nitrogens with zero attached hydrogens (tertiary/aromatic N) is 4. The molecule has 0 spiro atoms. The summed E-state index contributed by atoms with van der Waals surface area (Å²) in [4.78, 5) is 18.3. The second-order valence-electron chi connectivity index (χ2n) is 23.8. The first kappa shape index (κ1) is 50.0. The first-order valence-corrected chi connectivity index (χ1v) is 30.5. The molecule has 0 saturated heterocycles. The number of hydrogen-bond donors (Lipinski definition) is 0. The van der Waals surface area contributed by atoms with Gasteiger partial charge in [0.05, 0.1) is 33.6 Å². The molecule has 3 aliphatic carbocycles. The number of pyridine rings is 3. The van der Waals surface area contributed by atoms with E-state index in [1.807, 2.05) is 0 Å². The highest BCUT2D eigenvalue weighted by molar-refractivity contribution is 6.01. The molecular formula is C84H54N4. The van der Waals surface area contributed by atoms with Gasteiger partial charge < -0.3 is 4.90 Å². The summed E-state index contributed by atoms with van der Waals surface area (Å²) in [6.07, 6.45) is 2.83. The fraction of sp³-hybridized carbons (Fsp3) is 0.0357. The van der Waals surface area contributed by atoms with E-state index in [1.54, 1.807) is 0 Å². The molecule has 0 aliphatic heterocycles. The molecule has 0 amide bonds. The minimum Gasteiger partial charge on any atom is -0.311 e. The van der Waals surface area contributed by atoms with Crippen LogP contribution in [0.15, 0.2) is 291 Å². The summed E-state index contributed by atoms with van der Waals surface area (Å²) in [6, 6.07) is 107. The summed E-state index contributed by atoms with van der Waals surface area (Å²) in [5, 5.41) is 3.43. The van der Waals surface area contributed by atoms with E-state index in [1.165, 1.54) is 100 Å². The van der Waals surface area contributed by atoms with Crippen LogP contribution in [-0.2, 0) is 19.3 Å². The van der Waals surface area contributed by atoms with E-state index >= 15 is 0 Å². The molecule has 0 bridgehead atoms. The minimum absolute atomic E-state index is 0.934. The molecule has 4 heteroatoms. The van der Waals surface area contributed by atoms with Gasteiger partial charge in [0, 0.05) is 49.9 Å². The van der Waals surface area contributed by atoms with Gasteiger partial charge in [-0.15, -0.1) is 0 Å². The van der Waals surface area contributed by atoms with Crippen molar-refractivity contribution >= 4 is 49.8 Å². The molecule has 0 unspecified atom stereocenters. The van der Waals surface area contributed by atoms with Gasteiger partial charge >= 0.3 is 0 Å². The molecule has 0 radical (unpaired) electrons. The van der Waals surface area contributed by atoms with Crippen molar-refractivity contribution in [3.8, 4) is 101 Å². The maximum atomic E-state index is 5.32. The van der Waals surface area contributed by atoms with Crippen molar-refractivity contribution in [2.24, 2.45) is 0 Å². The number of aromatic nitrogens is 3. The van der Waals surface area contributed by atoms with Gasteiger partial charge in [-0.3, -0.25) is 0 Å². The van der Waals surface area contributed by atoms with Gasteiger partial charge in [-0.1, -0.05) is 218 Å². The van der Waals surface area contributed by atoms with Crippen molar-refractivity contribution in [1.82, 2.24) is 15.0 Å². The monoisotopic (exact) mass is 1120 g/mol. The Morgan fingerprint density at radius 1 is 0.205 bits per heavy atom. The van der Waals surface area contributed by atoms with Gasteiger partial charge in [0.25, 0.3) is 0 Å². The number of rotatable bonds is 9. The Labute approximate surface area is 511 Å². The van der Waals surface area contributed by atoms with Gasteiger partial charge in [-0.2, -0.15) is 0 Å². The molecule has 4 nitrogen and oxygen atoms in total. The Kier molecular flexibility index (Phi) is 11.5. The van der Waals surface area contributed by atoms with Crippen molar-refractivity contribution in [2.45, 2.75) is 19.3 Å². The molecule has 15 aromatic rings. The van der Waals surface area contributed by atoms with Crippen LogP contribution in [0.1, 0.15) is 33.4 Å². The van der Waals surface area contributed by atoms with E-state index in [-0.39, 0.29) is 0 Å². The zero-order chi connectivity index (χ0) is 57.8. The van der Waals surface area contributed by atoms with Crippen LogP contribution >= 0.6 is 0 Å². The van der Waals surface area contributed by atoms with Crippen LogP contribution in [-0.4, -0.2) is 15.0 Å². The van der Waals surface area contributed by atoms with Crippen LogP contribution in [0.25, 0.3) is 133 Å². The Balaban J connectivity index is 0.721. The predicted octanol–water partition coefficient (Wildman–Crippen LogP) is 21.5. The molecular weight excluding hydrogens is 1060 g/mol. The van der Waals surface area contributed by atoms with Crippen LogP contribution in [0.2, 0.25) is 0 Å². The quantitative estimate of drug-likeness (QED) is 0.144. The SMILES string of the molecule is c1ccc2c(c1)Cc1cc(-c3cc(-c4ccc(N(c5ccc(-c6cc(-c7ccc8c(c7)Cc7ccccc7-8)c7ccccc7n6)cc5)c5ccc(-c6cc(-c7ccc8c(c7)Cc7ccccc7-8)c7ccccc7n6)cc5)cc4)nc4ccccc34)ccc1-2. The van der Waals surface area contributed by atoms with Crippen LogP contribution in [0, 0.1) is 0 Å². The van der Waals surface area contributed by atoms with Gasteiger partial charge in [-0.25, -0.2) is 15.0 Å². The van der Waals surface area contributed by atoms with Crippen molar-refractivity contribution in [1.29, 1.82) is 0 Å². The van der Waals surface area contributed by atoms with E-state index in [2.05, 4.69) is 296 Å². The van der Waals surface area contributed by atoms with E-state index < -0.39 is 0 Å². The van der Waals surface area contributed by atoms with Crippen molar-refractivity contribution < 1.29 is 0 Å². The average molecular weight is 1120 g/mol. The summed E-state index contributed by atoms with van der Waals surface area (Å²) in [7, 11) is 0. The lowest BCUT2D eigenvalue weighted by Crippen LogP contribution is -2.10. The number of para-hydroxylation sites is 3. The Morgan fingerprint density at radius 2 is 0.466 bits per heavy atom. The Bertz CT molecular complexity index is 4820. The zero-order valence-corrected chi connectivity index (χ0v) is 48.1. The molecule has 3 heterocycles. The largest absolute Gasteiger partial charge is 0.311 e. The molecule has 0 N–H and O–H groups in total. The molecule has 0 fully saturated rings. The fourth-order valence-electron chi connectivity index (χ4n) is 14.4. The topological polar surface area (TPSA) is 41.9 Å². The highest BCUT2D eigenvalue weighted by Crippen LogP contribution is 2.46. The first-order valence-electron chi connectivity index (χ1n) is 30.5. The Hall–Kier alpha value is -11.3. The van der Waals surface area contributed by atoms with Crippen molar-refractivity contribution in [3.63, 3.8) is 0 Å². The maximum Gasteiger partial charge on any atom is 0.0715 e. The Morgan fingerprint density at radius 3 is 0.784 bits per heavy atom. The van der Waals surface area contributed by atoms with E-state index in [0.717, 1.165) is 103 Å². The van der Waals surface area contributed by atoms with Crippen LogP contribution in [0.5, 0.6) is 0 Å². The fourth-order valence-corrected chi connectivity index (χ4v) is 14.4. The third-order valence-electron chi connectivity index (χ3n) is 18.7. The molecule has 88 heavy (non-hydrogen) atoms. The summed E-state index contributed by atoms with van der Waals surface area (Å²) < 4.78 is 0. The first-order chi connectivity index (χ1) is 43.5. The van der Waals surface area contributed by atoms with Gasteiger partial charge in [0.15, 0.2) is 0 Å². The highest BCUT2D eigenvalue weighted by Gasteiger charge is 2.24. The predicted molar refractivity (Wildman–Crippen MR) is 364 cm³/mol. The van der Waals surface area contributed by atoms with E-state index in [4.69, 9.17) is 15.0 Å². The zero-order valence-electron chi connectivity index (χ0n) is 48.1. The summed E-state index contributed by atoms with van der Waals surface area (Å²) in [5.74, 6) is 0. The molecule has 0 saturated carbocycles. The van der Waals surface area contributed by atoms with Crippen molar-refractivity contribution in [3.05, 3.63) is 325 Å². The molecule has 410 valence electrons. The average Bonchev–Trinajstić information content (AvgIpc) is 3.04. The minimum atomic E-state index is 0.934. The standard InChI is InChI=1S/C84H54N4/c1-4-16-67-55(13-1)43-61-46-58(31-40-70(61)67)76-49-82(85-79-22-10-7-19-73(76)79)52-25-34-64(35-26-52)88(65-36-27-53(28-37-65)83-50-77(74-20-8-11-23-80(74)86-83)59-32-41-71-62(47-59)44-56-14-2-5-17-68(56)71)66-38-29-54(30-39-66)84-51-78(75-21-9-12-24-81(75)87-84)60-33-42-72-63(48-60)45-57-15-3-6-18-69(57)72/h1-42,46-51H,43-45H2. The van der Waals surface area contributed by atoms with Gasteiger partial charge in [0.1, 0.15) is 0 Å². The van der Waals surface area contributed by atoms with E-state index in [9.17, 15) is 0 Å². The molecule has 3 aliphatic rings. The van der Waals surface area contributed by atoms with Crippen LogP contribution < -0.4 is 4.90 Å². The highest BCUT2D eigenvalue weighted by atomic mass is 15.1. The molecule has 3 aromatic heterocycles. The summed E-state index contributed by atoms with van der Waals surface area (Å²) >= 11 is 0. The number of fused-ring (bicyclic) bond motifs is 12.